The molecule has 4 aliphatic rings. The number of fused-ring (bicyclic) bond motifs is 2. The van der Waals surface area contributed by atoms with Gasteiger partial charge in [-0.3, -0.25) is 4.99 Å². The molecule has 0 bridgehead atoms. The first kappa shape index (κ1) is 24.2. The molecule has 2 heterocycles. The topological polar surface area (TPSA) is 42.6 Å². The summed E-state index contributed by atoms with van der Waals surface area (Å²) < 4.78 is 0. The van der Waals surface area contributed by atoms with Crippen LogP contribution in [-0.2, 0) is 0 Å². The molecule has 0 N–H and O–H groups in total. The molecule has 7 rings (SSSR count). The zero-order valence-corrected chi connectivity index (χ0v) is 22.2. The highest BCUT2D eigenvalue weighted by Crippen LogP contribution is 2.54. The highest BCUT2D eigenvalue weighted by atomic mass is 15.3. The quantitative estimate of drug-likeness (QED) is 0.347. The van der Waals surface area contributed by atoms with Crippen LogP contribution >= 0.6 is 0 Å². The zero-order valence-electron chi connectivity index (χ0n) is 22.2. The number of benzene rings is 3. The molecule has 2 aliphatic heterocycles. The van der Waals surface area contributed by atoms with E-state index in [9.17, 15) is 5.26 Å². The molecule has 40 heavy (non-hydrogen) atoms. The van der Waals surface area contributed by atoms with Crippen molar-refractivity contribution in [3.63, 3.8) is 0 Å². The third-order valence-electron chi connectivity index (χ3n) is 8.31. The van der Waals surface area contributed by atoms with E-state index in [-0.39, 0.29) is 23.8 Å². The van der Waals surface area contributed by atoms with Crippen molar-refractivity contribution in [2.45, 2.75) is 18.9 Å². The van der Waals surface area contributed by atoms with Gasteiger partial charge in [0.1, 0.15) is 0 Å². The van der Waals surface area contributed by atoms with Gasteiger partial charge in [-0.15, -0.1) is 0 Å². The lowest BCUT2D eigenvalue weighted by molar-refractivity contribution is 0.413. The van der Waals surface area contributed by atoms with Gasteiger partial charge < -0.3 is 9.80 Å². The van der Waals surface area contributed by atoms with Gasteiger partial charge in [-0.1, -0.05) is 91.1 Å². The maximum atomic E-state index is 9.35. The molecule has 0 amide bonds. The Morgan fingerprint density at radius 3 is 2.10 bits per heavy atom. The SMILES string of the molecule is N#CC1C=NC(C2=CC=CCC2C2C=CC=CC2N2c3ccccc3N(c3ccccc3)c3ccccc32)=CC1. The summed E-state index contributed by atoms with van der Waals surface area (Å²) in [6, 6.07) is 30.6. The average Bonchev–Trinajstić information content (AvgIpc) is 3.04. The summed E-state index contributed by atoms with van der Waals surface area (Å²) >= 11 is 0. The predicted molar refractivity (Wildman–Crippen MR) is 164 cm³/mol. The molecule has 0 saturated carbocycles. The third kappa shape index (κ3) is 4.12. The number of hydrogen-bond donors (Lipinski definition) is 0. The van der Waals surface area contributed by atoms with Gasteiger partial charge in [0.2, 0.25) is 0 Å². The van der Waals surface area contributed by atoms with Crippen molar-refractivity contribution in [3.05, 3.63) is 139 Å². The van der Waals surface area contributed by atoms with E-state index in [4.69, 9.17) is 4.99 Å². The Hall–Kier alpha value is -4.88. The minimum absolute atomic E-state index is 0.116. The molecule has 4 nitrogen and oxygen atoms in total. The van der Waals surface area contributed by atoms with Crippen molar-refractivity contribution in [1.82, 2.24) is 0 Å². The van der Waals surface area contributed by atoms with Crippen LogP contribution in [0, 0.1) is 29.1 Å². The molecule has 0 spiro atoms. The summed E-state index contributed by atoms with van der Waals surface area (Å²) in [4.78, 5) is 9.66. The van der Waals surface area contributed by atoms with E-state index in [1.54, 1.807) is 0 Å². The van der Waals surface area contributed by atoms with Crippen LogP contribution in [0.3, 0.4) is 0 Å². The molecule has 194 valence electrons. The number of anilines is 5. The maximum absolute atomic E-state index is 9.35. The van der Waals surface area contributed by atoms with Gasteiger partial charge in [-0.05, 0) is 60.7 Å². The van der Waals surface area contributed by atoms with Crippen LogP contribution < -0.4 is 9.80 Å². The molecule has 0 fully saturated rings. The van der Waals surface area contributed by atoms with Crippen molar-refractivity contribution < 1.29 is 0 Å². The molecule has 0 radical (unpaired) electrons. The Morgan fingerprint density at radius 1 is 0.750 bits per heavy atom. The van der Waals surface area contributed by atoms with Crippen LogP contribution in [-0.4, -0.2) is 12.3 Å². The zero-order chi connectivity index (χ0) is 26.9. The number of aliphatic imine (C=N–C) groups is 1. The average molecular weight is 519 g/mol. The Balaban J connectivity index is 1.32. The van der Waals surface area contributed by atoms with Crippen molar-refractivity contribution in [3.8, 4) is 6.07 Å². The minimum Gasteiger partial charge on any atom is -0.330 e. The molecule has 4 atom stereocenters. The van der Waals surface area contributed by atoms with E-state index in [1.807, 2.05) is 6.21 Å². The van der Waals surface area contributed by atoms with Crippen LogP contribution in [0.1, 0.15) is 12.8 Å². The summed E-state index contributed by atoms with van der Waals surface area (Å²) in [5.74, 6) is 0.362. The Bertz CT molecular complexity index is 1600. The molecule has 4 heteroatoms. The van der Waals surface area contributed by atoms with Gasteiger partial charge >= 0.3 is 0 Å². The number of rotatable bonds is 4. The van der Waals surface area contributed by atoms with Crippen molar-refractivity contribution in [1.29, 1.82) is 5.26 Å². The summed E-state index contributed by atoms with van der Waals surface area (Å²) in [5.41, 5.74) is 8.17. The second kappa shape index (κ2) is 10.4. The molecule has 4 unspecified atom stereocenters. The number of allylic oxidation sites excluding steroid dienone is 7. The number of para-hydroxylation sites is 5. The fraction of sp³-hybridized carbons (Fsp3) is 0.167. The number of hydrogen-bond acceptors (Lipinski definition) is 4. The number of nitrogens with zero attached hydrogens (tertiary/aromatic N) is 4. The Morgan fingerprint density at radius 2 is 1.43 bits per heavy atom. The normalized spacial score (nSPS) is 24.6. The standard InChI is InChI=1S/C36H30N4/c37-24-26-22-23-31(38-25-26)29-15-5-4-14-28(29)30-16-6-7-17-32(30)40-35-20-10-8-18-33(35)39(27-12-2-1-3-13-27)34-19-9-11-21-36(34)40/h1-13,15-21,23,25-26,28,30,32H,14,22H2. The lowest BCUT2D eigenvalue weighted by Crippen LogP contribution is -2.42. The Labute approximate surface area is 235 Å². The van der Waals surface area contributed by atoms with E-state index in [0.717, 1.165) is 24.2 Å². The van der Waals surface area contributed by atoms with Gasteiger partial charge in [0.25, 0.3) is 0 Å². The van der Waals surface area contributed by atoms with E-state index in [0.29, 0.717) is 0 Å². The van der Waals surface area contributed by atoms with Crippen molar-refractivity contribution in [2.24, 2.45) is 22.7 Å². The predicted octanol–water partition coefficient (Wildman–Crippen LogP) is 8.72. The summed E-state index contributed by atoms with van der Waals surface area (Å²) in [7, 11) is 0. The molecule has 0 aromatic heterocycles. The van der Waals surface area contributed by atoms with E-state index in [1.165, 1.54) is 28.3 Å². The first-order chi connectivity index (χ1) is 19.8. The maximum Gasteiger partial charge on any atom is 0.0850 e. The lowest BCUT2D eigenvalue weighted by atomic mass is 9.73. The Kier molecular flexibility index (Phi) is 6.26. The first-order valence-electron chi connectivity index (χ1n) is 14.0. The van der Waals surface area contributed by atoms with E-state index in [2.05, 4.69) is 143 Å². The summed E-state index contributed by atoms with van der Waals surface area (Å²) in [6.07, 6.45) is 21.4. The lowest BCUT2D eigenvalue weighted by Gasteiger charge is -2.47. The minimum atomic E-state index is -0.138. The van der Waals surface area contributed by atoms with Gasteiger partial charge in [-0.25, -0.2) is 0 Å². The van der Waals surface area contributed by atoms with Crippen LogP contribution in [0.25, 0.3) is 0 Å². The summed E-state index contributed by atoms with van der Waals surface area (Å²) in [5, 5.41) is 9.35. The molecular weight excluding hydrogens is 488 g/mol. The second-order valence-electron chi connectivity index (χ2n) is 10.6. The third-order valence-corrected chi connectivity index (χ3v) is 8.31. The fourth-order valence-corrected chi connectivity index (χ4v) is 6.48. The largest absolute Gasteiger partial charge is 0.330 e. The van der Waals surface area contributed by atoms with Crippen LogP contribution in [0.2, 0.25) is 0 Å². The highest BCUT2D eigenvalue weighted by molar-refractivity contribution is 5.98. The van der Waals surface area contributed by atoms with Crippen LogP contribution in [0.4, 0.5) is 28.4 Å². The van der Waals surface area contributed by atoms with Crippen molar-refractivity contribution in [2.75, 3.05) is 9.80 Å². The molecule has 0 saturated heterocycles. The monoisotopic (exact) mass is 518 g/mol. The second-order valence-corrected chi connectivity index (χ2v) is 10.6. The smallest absolute Gasteiger partial charge is 0.0850 e. The van der Waals surface area contributed by atoms with Gasteiger partial charge in [0.05, 0.1) is 46.5 Å². The highest BCUT2D eigenvalue weighted by Gasteiger charge is 2.39. The van der Waals surface area contributed by atoms with Gasteiger partial charge in [-0.2, -0.15) is 5.26 Å². The van der Waals surface area contributed by atoms with Gasteiger partial charge in [0.15, 0.2) is 0 Å². The molecule has 3 aromatic rings. The van der Waals surface area contributed by atoms with E-state index >= 15 is 0 Å². The molecule has 3 aromatic carbocycles. The fourth-order valence-electron chi connectivity index (χ4n) is 6.48. The van der Waals surface area contributed by atoms with Crippen molar-refractivity contribution >= 4 is 34.7 Å². The van der Waals surface area contributed by atoms with Crippen LogP contribution in [0.15, 0.2) is 144 Å². The molecule has 2 aliphatic carbocycles. The first-order valence-corrected chi connectivity index (χ1v) is 14.0. The number of nitriles is 1. The summed E-state index contributed by atoms with van der Waals surface area (Å²) in [6.45, 7) is 0. The van der Waals surface area contributed by atoms with E-state index < -0.39 is 0 Å². The van der Waals surface area contributed by atoms with Crippen LogP contribution in [0.5, 0.6) is 0 Å². The molecular formula is C36H30N4. The van der Waals surface area contributed by atoms with Gasteiger partial charge in [0, 0.05) is 17.8 Å².